The van der Waals surface area contributed by atoms with Crippen molar-refractivity contribution in [2.24, 2.45) is 7.05 Å². The molecule has 1 aromatic heterocycles. The highest BCUT2D eigenvalue weighted by molar-refractivity contribution is 6.11. The van der Waals surface area contributed by atoms with Crippen LogP contribution in [0.4, 0.5) is 11.4 Å². The Kier molecular flexibility index (Phi) is 3.74. The molecule has 0 atom stereocenters. The van der Waals surface area contributed by atoms with Gasteiger partial charge in [-0.15, -0.1) is 0 Å². The highest BCUT2D eigenvalue weighted by Crippen LogP contribution is 2.27. The quantitative estimate of drug-likeness (QED) is 0.738. The van der Waals surface area contributed by atoms with E-state index in [4.69, 9.17) is 0 Å². The van der Waals surface area contributed by atoms with E-state index in [1.165, 1.54) is 0 Å². The maximum atomic E-state index is 13.1. The summed E-state index contributed by atoms with van der Waals surface area (Å²) >= 11 is 0. The number of hydrogen-bond acceptors (Lipinski definition) is 2. The van der Waals surface area contributed by atoms with Crippen molar-refractivity contribution in [2.75, 3.05) is 4.90 Å². The van der Waals surface area contributed by atoms with Gasteiger partial charge in [0.25, 0.3) is 5.91 Å². The molecule has 1 heterocycles. The molecular formula is C18H17N3O. The van der Waals surface area contributed by atoms with Crippen LogP contribution in [0.5, 0.6) is 0 Å². The first kappa shape index (κ1) is 14.1. The monoisotopic (exact) mass is 291 g/mol. The second-order valence-corrected chi connectivity index (χ2v) is 5.11. The van der Waals surface area contributed by atoms with Crippen molar-refractivity contribution in [1.29, 1.82) is 0 Å². The van der Waals surface area contributed by atoms with Crippen LogP contribution < -0.4 is 4.90 Å². The highest BCUT2D eigenvalue weighted by atomic mass is 16.2. The van der Waals surface area contributed by atoms with Gasteiger partial charge in [0.2, 0.25) is 0 Å². The van der Waals surface area contributed by atoms with Gasteiger partial charge in [0.1, 0.15) is 0 Å². The lowest BCUT2D eigenvalue weighted by Gasteiger charge is -2.22. The number of carbonyl (C=O) groups excluding carboxylic acids is 1. The molecule has 22 heavy (non-hydrogen) atoms. The third-order valence-corrected chi connectivity index (χ3v) is 3.48. The third kappa shape index (κ3) is 2.63. The van der Waals surface area contributed by atoms with Crippen molar-refractivity contribution in [1.82, 2.24) is 9.78 Å². The zero-order valence-corrected chi connectivity index (χ0v) is 12.6. The average molecular weight is 291 g/mol. The Morgan fingerprint density at radius 2 is 1.45 bits per heavy atom. The summed E-state index contributed by atoms with van der Waals surface area (Å²) in [7, 11) is 1.82. The molecule has 0 aliphatic rings. The molecule has 0 aliphatic heterocycles. The molecular weight excluding hydrogens is 274 g/mol. The average Bonchev–Trinajstić information content (AvgIpc) is 2.88. The topological polar surface area (TPSA) is 38.1 Å². The minimum Gasteiger partial charge on any atom is -0.277 e. The summed E-state index contributed by atoms with van der Waals surface area (Å²) < 4.78 is 1.66. The molecule has 0 saturated heterocycles. The summed E-state index contributed by atoms with van der Waals surface area (Å²) in [5.41, 5.74) is 3.00. The summed E-state index contributed by atoms with van der Waals surface area (Å²) in [6, 6.07) is 19.3. The number of rotatable bonds is 3. The number of carbonyl (C=O) groups is 1. The lowest BCUT2D eigenvalue weighted by molar-refractivity contribution is 0.0998. The molecule has 0 spiro atoms. The first-order chi connectivity index (χ1) is 10.7. The van der Waals surface area contributed by atoms with Gasteiger partial charge in [-0.25, -0.2) is 0 Å². The number of aromatic nitrogens is 2. The molecule has 0 fully saturated rings. The number of benzene rings is 2. The lowest BCUT2D eigenvalue weighted by atomic mass is 10.1. The van der Waals surface area contributed by atoms with Crippen LogP contribution >= 0.6 is 0 Å². The van der Waals surface area contributed by atoms with Gasteiger partial charge in [-0.3, -0.25) is 14.4 Å². The van der Waals surface area contributed by atoms with Crippen molar-refractivity contribution in [3.05, 3.63) is 78.1 Å². The van der Waals surface area contributed by atoms with Crippen LogP contribution in [0.15, 0.2) is 66.9 Å². The van der Waals surface area contributed by atoms with E-state index >= 15 is 0 Å². The zero-order valence-electron chi connectivity index (χ0n) is 12.6. The number of aryl methyl sites for hydroxylation is 2. The molecule has 2 aromatic carbocycles. The normalized spacial score (nSPS) is 10.5. The maximum absolute atomic E-state index is 13.1. The second kappa shape index (κ2) is 5.85. The van der Waals surface area contributed by atoms with Crippen LogP contribution in [0.1, 0.15) is 16.1 Å². The van der Waals surface area contributed by atoms with Gasteiger partial charge in [-0.05, 0) is 31.2 Å². The van der Waals surface area contributed by atoms with E-state index in [9.17, 15) is 4.79 Å². The van der Waals surface area contributed by atoms with Crippen LogP contribution in [0, 0.1) is 6.92 Å². The summed E-state index contributed by atoms with van der Waals surface area (Å²) in [5, 5.41) is 4.27. The lowest BCUT2D eigenvalue weighted by Crippen LogP contribution is -2.26. The molecule has 3 aromatic rings. The third-order valence-electron chi connectivity index (χ3n) is 3.48. The van der Waals surface area contributed by atoms with Gasteiger partial charge in [-0.1, -0.05) is 36.4 Å². The van der Waals surface area contributed by atoms with Crippen LogP contribution in [-0.2, 0) is 7.05 Å². The second-order valence-electron chi connectivity index (χ2n) is 5.11. The van der Waals surface area contributed by atoms with E-state index in [2.05, 4.69) is 5.10 Å². The largest absolute Gasteiger partial charge is 0.277 e. The van der Waals surface area contributed by atoms with Crippen molar-refractivity contribution in [2.45, 2.75) is 6.92 Å². The SMILES string of the molecule is Cc1nn(C)cc1C(=O)N(c1ccccc1)c1ccccc1. The summed E-state index contributed by atoms with van der Waals surface area (Å²) in [4.78, 5) is 14.8. The van der Waals surface area contributed by atoms with E-state index in [1.807, 2.05) is 74.6 Å². The Hall–Kier alpha value is -2.88. The summed E-state index contributed by atoms with van der Waals surface area (Å²) in [6.07, 6.45) is 1.76. The molecule has 3 rings (SSSR count). The molecule has 0 aliphatic carbocycles. The molecule has 4 nitrogen and oxygen atoms in total. The Morgan fingerprint density at radius 1 is 0.955 bits per heavy atom. The Labute approximate surface area is 129 Å². The maximum Gasteiger partial charge on any atom is 0.266 e. The van der Waals surface area contributed by atoms with Gasteiger partial charge in [0, 0.05) is 24.6 Å². The number of para-hydroxylation sites is 2. The van der Waals surface area contributed by atoms with Gasteiger partial charge in [0.05, 0.1) is 11.3 Å². The molecule has 4 heteroatoms. The fourth-order valence-corrected chi connectivity index (χ4v) is 2.47. The fourth-order valence-electron chi connectivity index (χ4n) is 2.47. The molecule has 0 saturated carbocycles. The molecule has 1 amide bonds. The first-order valence-corrected chi connectivity index (χ1v) is 7.11. The van der Waals surface area contributed by atoms with E-state index in [0.29, 0.717) is 5.56 Å². The van der Waals surface area contributed by atoms with E-state index < -0.39 is 0 Å². The standard InChI is InChI=1S/C18H17N3O/c1-14-17(13-20(2)19-14)18(22)21(15-9-5-3-6-10-15)16-11-7-4-8-12-16/h3-13H,1-2H3. The molecule has 0 bridgehead atoms. The number of anilines is 2. The van der Waals surface area contributed by atoms with Crippen LogP contribution in [0.3, 0.4) is 0 Å². The molecule has 0 N–H and O–H groups in total. The van der Waals surface area contributed by atoms with Gasteiger partial charge in [-0.2, -0.15) is 5.10 Å². The van der Waals surface area contributed by atoms with E-state index in [-0.39, 0.29) is 5.91 Å². The van der Waals surface area contributed by atoms with Crippen LogP contribution in [0.2, 0.25) is 0 Å². The first-order valence-electron chi connectivity index (χ1n) is 7.11. The Balaban J connectivity index is 2.10. The zero-order chi connectivity index (χ0) is 15.5. The van der Waals surface area contributed by atoms with Crippen LogP contribution in [-0.4, -0.2) is 15.7 Å². The molecule has 0 unspecified atom stereocenters. The smallest absolute Gasteiger partial charge is 0.266 e. The van der Waals surface area contributed by atoms with Gasteiger partial charge < -0.3 is 0 Å². The Morgan fingerprint density at radius 3 is 1.86 bits per heavy atom. The summed E-state index contributed by atoms with van der Waals surface area (Å²) in [6.45, 7) is 1.85. The van der Waals surface area contributed by atoms with Gasteiger partial charge in [0.15, 0.2) is 0 Å². The van der Waals surface area contributed by atoms with Crippen molar-refractivity contribution >= 4 is 17.3 Å². The predicted octanol–water partition coefficient (Wildman–Crippen LogP) is 3.71. The van der Waals surface area contributed by atoms with E-state index in [0.717, 1.165) is 17.1 Å². The van der Waals surface area contributed by atoms with Crippen molar-refractivity contribution in [3.63, 3.8) is 0 Å². The number of nitrogens with zero attached hydrogens (tertiary/aromatic N) is 3. The summed E-state index contributed by atoms with van der Waals surface area (Å²) in [5.74, 6) is -0.0806. The number of hydrogen-bond donors (Lipinski definition) is 0. The minimum absolute atomic E-state index is 0.0806. The highest BCUT2D eigenvalue weighted by Gasteiger charge is 2.22. The number of amides is 1. The van der Waals surface area contributed by atoms with Crippen LogP contribution in [0.25, 0.3) is 0 Å². The Bertz CT molecular complexity index is 739. The van der Waals surface area contributed by atoms with Crippen molar-refractivity contribution in [3.8, 4) is 0 Å². The van der Waals surface area contributed by atoms with E-state index in [1.54, 1.807) is 15.8 Å². The molecule has 110 valence electrons. The van der Waals surface area contributed by atoms with Crippen molar-refractivity contribution < 1.29 is 4.79 Å². The minimum atomic E-state index is -0.0806. The predicted molar refractivity (Wildman–Crippen MR) is 87.3 cm³/mol. The molecule has 0 radical (unpaired) electrons. The van der Waals surface area contributed by atoms with Gasteiger partial charge >= 0.3 is 0 Å². The fraction of sp³-hybridized carbons (Fsp3) is 0.111.